The number of rotatable bonds is 4. The van der Waals surface area contributed by atoms with Crippen LogP contribution in [0.25, 0.3) is 5.57 Å². The molecule has 0 bridgehead atoms. The summed E-state index contributed by atoms with van der Waals surface area (Å²) in [6.45, 7) is 2.71. The second-order valence-electron chi connectivity index (χ2n) is 6.79. The lowest BCUT2D eigenvalue weighted by atomic mass is 9.97. The average molecular weight is 377 g/mol. The number of nitriles is 1. The quantitative estimate of drug-likeness (QED) is 0.876. The summed E-state index contributed by atoms with van der Waals surface area (Å²) in [4.78, 5) is 29.0. The van der Waals surface area contributed by atoms with E-state index in [0.29, 0.717) is 25.2 Å². The molecule has 0 spiro atoms. The molecule has 28 heavy (non-hydrogen) atoms. The average Bonchev–Trinajstić information content (AvgIpc) is 3.29. The third-order valence-corrected chi connectivity index (χ3v) is 5.01. The van der Waals surface area contributed by atoms with Gasteiger partial charge >= 0.3 is 6.09 Å². The number of anilines is 1. The molecule has 1 aromatic heterocycles. The van der Waals surface area contributed by atoms with Gasteiger partial charge in [0.05, 0.1) is 18.1 Å². The van der Waals surface area contributed by atoms with E-state index in [1.165, 1.54) is 6.92 Å². The fraction of sp³-hybridized carbons (Fsp3) is 0.300. The Hall–Kier alpha value is -3.60. The highest BCUT2D eigenvalue weighted by Crippen LogP contribution is 2.29. The van der Waals surface area contributed by atoms with Gasteiger partial charge in [0, 0.05) is 32.1 Å². The summed E-state index contributed by atoms with van der Waals surface area (Å²) in [5.74, 6) is -0.144. The van der Waals surface area contributed by atoms with Crippen molar-refractivity contribution in [3.05, 3.63) is 53.6 Å². The Morgan fingerprint density at radius 2 is 2.18 bits per heavy atom. The van der Waals surface area contributed by atoms with Crippen LogP contribution in [0.2, 0.25) is 0 Å². The van der Waals surface area contributed by atoms with E-state index in [2.05, 4.69) is 22.4 Å². The number of aromatic nitrogens is 2. The fourth-order valence-electron chi connectivity index (χ4n) is 3.55. The minimum Gasteiger partial charge on any atom is -0.447 e. The molecule has 1 atom stereocenters. The molecule has 8 nitrogen and oxygen atoms in total. The molecule has 2 aromatic rings. The van der Waals surface area contributed by atoms with E-state index in [9.17, 15) is 14.9 Å². The molecule has 0 saturated carbocycles. The van der Waals surface area contributed by atoms with Crippen molar-refractivity contribution in [2.24, 2.45) is 0 Å². The molecule has 2 aliphatic heterocycles. The minimum absolute atomic E-state index is 0.144. The first-order valence-corrected chi connectivity index (χ1v) is 9.01. The SMILES string of the molecule is CC(=O)NCC1COC(=O)N1c1ccc(C2=CCn3cnc(C#N)c3C2)cc1. The maximum absolute atomic E-state index is 12.1. The zero-order valence-corrected chi connectivity index (χ0v) is 15.4. The van der Waals surface area contributed by atoms with Gasteiger partial charge < -0.3 is 14.6 Å². The predicted octanol–water partition coefficient (Wildman–Crippen LogP) is 1.86. The number of hydrogen-bond donors (Lipinski definition) is 1. The first-order chi connectivity index (χ1) is 13.6. The van der Waals surface area contributed by atoms with E-state index >= 15 is 0 Å². The number of allylic oxidation sites excluding steroid dienone is 2. The largest absolute Gasteiger partial charge is 0.447 e. The molecule has 2 amide bonds. The number of carbonyl (C=O) groups excluding carboxylic acids is 2. The highest BCUT2D eigenvalue weighted by molar-refractivity contribution is 5.90. The molecule has 142 valence electrons. The Morgan fingerprint density at radius 1 is 1.39 bits per heavy atom. The Kier molecular flexibility index (Phi) is 4.57. The lowest BCUT2D eigenvalue weighted by molar-refractivity contribution is -0.119. The number of hydrogen-bond acceptors (Lipinski definition) is 5. The number of benzene rings is 1. The number of ether oxygens (including phenoxy) is 1. The summed E-state index contributed by atoms with van der Waals surface area (Å²) < 4.78 is 7.13. The number of carbonyl (C=O) groups is 2. The van der Waals surface area contributed by atoms with Crippen molar-refractivity contribution >= 4 is 23.3 Å². The normalized spacial score (nSPS) is 18.1. The maximum Gasteiger partial charge on any atom is 0.414 e. The molecular formula is C20H19N5O3. The molecule has 4 rings (SSSR count). The van der Waals surface area contributed by atoms with Crippen LogP contribution in [-0.2, 0) is 22.5 Å². The lowest BCUT2D eigenvalue weighted by Gasteiger charge is -2.22. The molecule has 3 heterocycles. The number of cyclic esters (lactones) is 1. The summed E-state index contributed by atoms with van der Waals surface area (Å²) in [6.07, 6.45) is 4.04. The van der Waals surface area contributed by atoms with Crippen LogP contribution in [0.5, 0.6) is 0 Å². The standard InChI is InChI=1S/C20H19N5O3/c1-13(26)22-10-17-11-28-20(27)25(17)16-4-2-14(3-5-16)15-6-7-24-12-23-18(9-21)19(24)8-15/h2-6,12,17H,7-8,10-11H2,1H3,(H,22,26). The first-order valence-electron chi connectivity index (χ1n) is 9.01. The molecule has 2 aliphatic rings. The second kappa shape index (κ2) is 7.19. The third-order valence-electron chi connectivity index (χ3n) is 5.01. The Morgan fingerprint density at radius 3 is 2.89 bits per heavy atom. The zero-order chi connectivity index (χ0) is 19.7. The van der Waals surface area contributed by atoms with Gasteiger partial charge in [-0.25, -0.2) is 9.78 Å². The second-order valence-corrected chi connectivity index (χ2v) is 6.79. The smallest absolute Gasteiger partial charge is 0.414 e. The number of amides is 2. The van der Waals surface area contributed by atoms with Gasteiger partial charge in [-0.05, 0) is 23.3 Å². The van der Waals surface area contributed by atoms with E-state index in [0.717, 1.165) is 22.5 Å². The van der Waals surface area contributed by atoms with E-state index < -0.39 is 6.09 Å². The van der Waals surface area contributed by atoms with Crippen LogP contribution in [0.1, 0.15) is 23.9 Å². The van der Waals surface area contributed by atoms with Crippen molar-refractivity contribution < 1.29 is 14.3 Å². The van der Waals surface area contributed by atoms with Gasteiger partial charge in [0.15, 0.2) is 5.69 Å². The Bertz CT molecular complexity index is 1000. The van der Waals surface area contributed by atoms with Crippen LogP contribution < -0.4 is 10.2 Å². The third kappa shape index (κ3) is 3.22. The molecule has 1 unspecified atom stereocenters. The van der Waals surface area contributed by atoms with Gasteiger partial charge in [0.2, 0.25) is 5.91 Å². The number of nitrogens with one attached hydrogen (secondary N) is 1. The van der Waals surface area contributed by atoms with Crippen LogP contribution in [-0.4, -0.2) is 40.7 Å². The van der Waals surface area contributed by atoms with Crippen LogP contribution in [0.4, 0.5) is 10.5 Å². The summed E-state index contributed by atoms with van der Waals surface area (Å²) in [5, 5.41) is 11.9. The van der Waals surface area contributed by atoms with E-state index in [1.807, 2.05) is 28.8 Å². The number of imidazole rings is 1. The van der Waals surface area contributed by atoms with Gasteiger partial charge in [-0.2, -0.15) is 5.26 Å². The topological polar surface area (TPSA) is 100 Å². The summed E-state index contributed by atoms with van der Waals surface area (Å²) in [6, 6.07) is 9.57. The van der Waals surface area contributed by atoms with Crippen molar-refractivity contribution in [1.82, 2.24) is 14.9 Å². The van der Waals surface area contributed by atoms with Crippen molar-refractivity contribution in [2.45, 2.75) is 25.9 Å². The minimum atomic E-state index is -0.414. The fourth-order valence-corrected chi connectivity index (χ4v) is 3.55. The lowest BCUT2D eigenvalue weighted by Crippen LogP contribution is -2.42. The maximum atomic E-state index is 12.1. The monoisotopic (exact) mass is 377 g/mol. The van der Waals surface area contributed by atoms with Crippen molar-refractivity contribution in [2.75, 3.05) is 18.1 Å². The van der Waals surface area contributed by atoms with E-state index in [-0.39, 0.29) is 18.6 Å². The molecular weight excluding hydrogens is 358 g/mol. The van der Waals surface area contributed by atoms with Crippen LogP contribution in [0.15, 0.2) is 36.7 Å². The molecule has 1 fully saturated rings. The molecule has 1 saturated heterocycles. The van der Waals surface area contributed by atoms with E-state index in [4.69, 9.17) is 4.74 Å². The van der Waals surface area contributed by atoms with Gasteiger partial charge in [-0.3, -0.25) is 9.69 Å². The van der Waals surface area contributed by atoms with Crippen molar-refractivity contribution in [3.63, 3.8) is 0 Å². The van der Waals surface area contributed by atoms with Gasteiger partial charge in [0.1, 0.15) is 12.7 Å². The van der Waals surface area contributed by atoms with Crippen molar-refractivity contribution in [3.8, 4) is 6.07 Å². The number of fused-ring (bicyclic) bond motifs is 1. The molecule has 8 heteroatoms. The summed E-state index contributed by atoms with van der Waals surface area (Å²) >= 11 is 0. The number of nitrogens with zero attached hydrogens (tertiary/aromatic N) is 4. The zero-order valence-electron chi connectivity index (χ0n) is 15.4. The highest BCUT2D eigenvalue weighted by Gasteiger charge is 2.34. The van der Waals surface area contributed by atoms with Crippen LogP contribution in [0, 0.1) is 11.3 Å². The Labute approximate surface area is 162 Å². The summed E-state index contributed by atoms with van der Waals surface area (Å²) in [7, 11) is 0. The van der Waals surface area contributed by atoms with Gasteiger partial charge in [-0.1, -0.05) is 18.2 Å². The van der Waals surface area contributed by atoms with Gasteiger partial charge in [0.25, 0.3) is 0 Å². The first kappa shape index (κ1) is 17.8. The van der Waals surface area contributed by atoms with Crippen molar-refractivity contribution in [1.29, 1.82) is 5.26 Å². The Balaban J connectivity index is 1.52. The highest BCUT2D eigenvalue weighted by atomic mass is 16.6. The molecule has 1 N–H and O–H groups in total. The van der Waals surface area contributed by atoms with Gasteiger partial charge in [-0.15, -0.1) is 0 Å². The summed E-state index contributed by atoms with van der Waals surface area (Å²) in [5.41, 5.74) is 4.26. The molecule has 1 aromatic carbocycles. The molecule has 0 radical (unpaired) electrons. The molecule has 0 aliphatic carbocycles. The van der Waals surface area contributed by atoms with Crippen LogP contribution >= 0.6 is 0 Å². The van der Waals surface area contributed by atoms with Crippen LogP contribution in [0.3, 0.4) is 0 Å². The van der Waals surface area contributed by atoms with E-state index in [1.54, 1.807) is 11.2 Å². The predicted molar refractivity (Wildman–Crippen MR) is 101 cm³/mol.